The normalized spacial score (nSPS) is 12.5. The van der Waals surface area contributed by atoms with Crippen molar-refractivity contribution < 1.29 is 0 Å². The number of rotatable bonds is 2. The van der Waals surface area contributed by atoms with Crippen LogP contribution in [-0.4, -0.2) is 0 Å². The minimum absolute atomic E-state index is 0.0689. The summed E-state index contributed by atoms with van der Waals surface area (Å²) >= 11 is 5.83. The first-order valence-electron chi connectivity index (χ1n) is 5.35. The maximum atomic E-state index is 6.36. The maximum Gasteiger partial charge on any atom is 0.0565 e. The van der Waals surface area contributed by atoms with Gasteiger partial charge in [-0.3, -0.25) is 0 Å². The van der Waals surface area contributed by atoms with Crippen molar-refractivity contribution in [1.82, 2.24) is 0 Å². The molecule has 3 heteroatoms. The fourth-order valence-corrected chi connectivity index (χ4v) is 2.91. The summed E-state index contributed by atoms with van der Waals surface area (Å²) in [6.45, 7) is 2.10. The Morgan fingerprint density at radius 1 is 1.12 bits per heavy atom. The molecule has 0 spiro atoms. The van der Waals surface area contributed by atoms with E-state index in [0.29, 0.717) is 0 Å². The van der Waals surface area contributed by atoms with Crippen LogP contribution < -0.4 is 5.73 Å². The molecule has 0 saturated heterocycles. The molecule has 0 aliphatic rings. The van der Waals surface area contributed by atoms with E-state index in [1.165, 1.54) is 14.7 Å². The van der Waals surface area contributed by atoms with Gasteiger partial charge in [0.25, 0.3) is 0 Å². The molecule has 0 fully saturated rings. The van der Waals surface area contributed by atoms with E-state index in [-0.39, 0.29) is 6.04 Å². The molecule has 0 heterocycles. The first-order chi connectivity index (χ1) is 8.09. The van der Waals surface area contributed by atoms with Gasteiger partial charge in [0.05, 0.1) is 6.04 Å². The van der Waals surface area contributed by atoms with Gasteiger partial charge >= 0.3 is 0 Å². The lowest BCUT2D eigenvalue weighted by Gasteiger charge is -2.17. The third-order valence-corrected chi connectivity index (χ3v) is 4.29. The quantitative estimate of drug-likeness (QED) is 0.741. The Hall–Kier alpha value is -0.390. The van der Waals surface area contributed by atoms with Crippen LogP contribution in [0, 0.1) is 10.5 Å². The van der Waals surface area contributed by atoms with Crippen LogP contribution in [0.2, 0.25) is 0 Å². The molecule has 2 aromatic rings. The fourth-order valence-electron chi connectivity index (χ4n) is 1.86. The highest BCUT2D eigenvalue weighted by atomic mass is 127. The Morgan fingerprint density at radius 2 is 1.82 bits per heavy atom. The first-order valence-corrected chi connectivity index (χ1v) is 7.23. The summed E-state index contributed by atoms with van der Waals surface area (Å²) in [5.41, 5.74) is 9.94. The van der Waals surface area contributed by atoms with E-state index >= 15 is 0 Å². The molecule has 0 bridgehead atoms. The van der Waals surface area contributed by atoms with E-state index in [4.69, 9.17) is 5.73 Å². The van der Waals surface area contributed by atoms with Crippen molar-refractivity contribution in [2.75, 3.05) is 0 Å². The third kappa shape index (κ3) is 2.89. The van der Waals surface area contributed by atoms with Gasteiger partial charge in [0.15, 0.2) is 0 Å². The van der Waals surface area contributed by atoms with E-state index in [1.807, 2.05) is 18.2 Å². The number of hydrogen-bond acceptors (Lipinski definition) is 1. The van der Waals surface area contributed by atoms with Crippen LogP contribution in [-0.2, 0) is 0 Å². The number of benzene rings is 2. The summed E-state index contributed by atoms with van der Waals surface area (Å²) in [5, 5.41) is 0. The monoisotopic (exact) mass is 401 g/mol. The van der Waals surface area contributed by atoms with E-state index < -0.39 is 0 Å². The lowest BCUT2D eigenvalue weighted by atomic mass is 9.96. The van der Waals surface area contributed by atoms with Crippen molar-refractivity contribution in [3.05, 3.63) is 67.2 Å². The molecular formula is C14H13BrIN. The third-order valence-electron chi connectivity index (χ3n) is 2.82. The van der Waals surface area contributed by atoms with Crippen molar-refractivity contribution in [2.24, 2.45) is 5.73 Å². The van der Waals surface area contributed by atoms with E-state index in [9.17, 15) is 0 Å². The molecular weight excluding hydrogens is 389 g/mol. The highest BCUT2D eigenvalue weighted by molar-refractivity contribution is 14.1. The second-order valence-corrected chi connectivity index (χ2v) is 6.08. The van der Waals surface area contributed by atoms with Crippen LogP contribution in [0.5, 0.6) is 0 Å². The largest absolute Gasteiger partial charge is 0.320 e. The fraction of sp³-hybridized carbons (Fsp3) is 0.143. The highest BCUT2D eigenvalue weighted by Gasteiger charge is 2.14. The number of halogens is 2. The summed E-state index contributed by atoms with van der Waals surface area (Å²) in [6.07, 6.45) is 0. The SMILES string of the molecule is Cc1ccccc1C(N)c1cc(Br)ccc1I. The van der Waals surface area contributed by atoms with Gasteiger partial charge in [-0.15, -0.1) is 0 Å². The average Bonchev–Trinajstić information content (AvgIpc) is 2.32. The Bertz CT molecular complexity index is 539. The smallest absolute Gasteiger partial charge is 0.0565 e. The number of aryl methyl sites for hydroxylation is 1. The molecule has 88 valence electrons. The summed E-state index contributed by atoms with van der Waals surface area (Å²) in [5.74, 6) is 0. The minimum atomic E-state index is -0.0689. The lowest BCUT2D eigenvalue weighted by Crippen LogP contribution is -2.14. The summed E-state index contributed by atoms with van der Waals surface area (Å²) < 4.78 is 2.26. The van der Waals surface area contributed by atoms with Gasteiger partial charge in [-0.05, 0) is 64.4 Å². The Balaban J connectivity index is 2.47. The van der Waals surface area contributed by atoms with Crippen LogP contribution in [0.25, 0.3) is 0 Å². The second kappa shape index (κ2) is 5.50. The zero-order valence-electron chi connectivity index (χ0n) is 9.45. The molecule has 17 heavy (non-hydrogen) atoms. The van der Waals surface area contributed by atoms with Crippen LogP contribution in [0.1, 0.15) is 22.7 Å². The molecule has 2 aromatic carbocycles. The van der Waals surface area contributed by atoms with Crippen molar-refractivity contribution in [1.29, 1.82) is 0 Å². The molecule has 1 unspecified atom stereocenters. The van der Waals surface area contributed by atoms with Crippen molar-refractivity contribution in [3.8, 4) is 0 Å². The molecule has 1 atom stereocenters. The summed E-state index contributed by atoms with van der Waals surface area (Å²) in [7, 11) is 0. The molecule has 2 N–H and O–H groups in total. The van der Waals surface area contributed by atoms with Crippen LogP contribution >= 0.6 is 38.5 Å². The van der Waals surface area contributed by atoms with Crippen molar-refractivity contribution in [3.63, 3.8) is 0 Å². The van der Waals surface area contributed by atoms with Gasteiger partial charge in [-0.25, -0.2) is 0 Å². The van der Waals surface area contributed by atoms with E-state index in [0.717, 1.165) is 10.0 Å². The van der Waals surface area contributed by atoms with Gasteiger partial charge in [0, 0.05) is 8.04 Å². The van der Waals surface area contributed by atoms with Crippen LogP contribution in [0.15, 0.2) is 46.9 Å². The zero-order chi connectivity index (χ0) is 12.4. The van der Waals surface area contributed by atoms with Crippen molar-refractivity contribution >= 4 is 38.5 Å². The molecule has 0 aromatic heterocycles. The second-order valence-electron chi connectivity index (χ2n) is 4.00. The topological polar surface area (TPSA) is 26.0 Å². The summed E-state index contributed by atoms with van der Waals surface area (Å²) in [6, 6.07) is 14.4. The van der Waals surface area contributed by atoms with Crippen LogP contribution in [0.4, 0.5) is 0 Å². The lowest BCUT2D eigenvalue weighted by molar-refractivity contribution is 0.855. The Morgan fingerprint density at radius 3 is 2.53 bits per heavy atom. The molecule has 2 rings (SSSR count). The zero-order valence-corrected chi connectivity index (χ0v) is 13.2. The molecule has 0 aliphatic carbocycles. The Kier molecular flexibility index (Phi) is 4.22. The number of hydrogen-bond donors (Lipinski definition) is 1. The molecule has 0 aliphatic heterocycles. The van der Waals surface area contributed by atoms with Gasteiger partial charge in [0.2, 0.25) is 0 Å². The minimum Gasteiger partial charge on any atom is -0.320 e. The van der Waals surface area contributed by atoms with Gasteiger partial charge in [0.1, 0.15) is 0 Å². The summed E-state index contributed by atoms with van der Waals surface area (Å²) in [4.78, 5) is 0. The van der Waals surface area contributed by atoms with E-state index in [1.54, 1.807) is 0 Å². The van der Waals surface area contributed by atoms with Gasteiger partial charge in [-0.2, -0.15) is 0 Å². The predicted octanol–water partition coefficient (Wildman–Crippen LogP) is 4.41. The maximum absolute atomic E-state index is 6.36. The van der Waals surface area contributed by atoms with Crippen LogP contribution in [0.3, 0.4) is 0 Å². The predicted molar refractivity (Wildman–Crippen MR) is 84.1 cm³/mol. The molecule has 1 nitrogen and oxygen atoms in total. The average molecular weight is 402 g/mol. The highest BCUT2D eigenvalue weighted by Crippen LogP contribution is 2.28. The van der Waals surface area contributed by atoms with Crippen molar-refractivity contribution in [2.45, 2.75) is 13.0 Å². The molecule has 0 saturated carbocycles. The van der Waals surface area contributed by atoms with Gasteiger partial charge in [-0.1, -0.05) is 40.2 Å². The number of nitrogens with two attached hydrogens (primary N) is 1. The standard InChI is InChI=1S/C14H13BrIN/c1-9-4-2-3-5-11(9)14(17)12-8-10(15)6-7-13(12)16/h2-8,14H,17H2,1H3. The Labute approximate surface area is 124 Å². The van der Waals surface area contributed by atoms with E-state index in [2.05, 4.69) is 69.7 Å². The molecule has 0 radical (unpaired) electrons. The first kappa shape index (κ1) is 13.1. The van der Waals surface area contributed by atoms with Gasteiger partial charge < -0.3 is 5.73 Å². The molecule has 0 amide bonds.